The molecule has 0 radical (unpaired) electrons. The summed E-state index contributed by atoms with van der Waals surface area (Å²) in [6.45, 7) is 3.18. The van der Waals surface area contributed by atoms with Gasteiger partial charge in [-0.2, -0.15) is 0 Å². The average Bonchev–Trinajstić information content (AvgIpc) is 2.52. The van der Waals surface area contributed by atoms with Crippen LogP contribution in [-0.4, -0.2) is 43.5 Å². The summed E-state index contributed by atoms with van der Waals surface area (Å²) in [5.41, 5.74) is 0.271. The van der Waals surface area contributed by atoms with Gasteiger partial charge < -0.3 is 19.9 Å². The number of rotatable bonds is 8. The van der Waals surface area contributed by atoms with E-state index < -0.39 is 5.97 Å². The van der Waals surface area contributed by atoms with E-state index in [9.17, 15) is 4.79 Å². The molecule has 2 rings (SSSR count). The highest BCUT2D eigenvalue weighted by molar-refractivity contribution is 5.87. The molecular weight excluding hydrogens is 270 g/mol. The van der Waals surface area contributed by atoms with Crippen molar-refractivity contribution in [1.82, 2.24) is 5.32 Å². The van der Waals surface area contributed by atoms with Gasteiger partial charge in [-0.15, -0.1) is 0 Å². The summed E-state index contributed by atoms with van der Waals surface area (Å²) >= 11 is 0. The normalized spacial score (nSPS) is 18.4. The van der Waals surface area contributed by atoms with Crippen molar-refractivity contribution >= 4 is 5.97 Å². The number of carboxylic acid groups (broad SMARTS) is 1. The number of hydrogen-bond donors (Lipinski definition) is 2. The van der Waals surface area contributed by atoms with Crippen molar-refractivity contribution in [2.45, 2.75) is 31.8 Å². The van der Waals surface area contributed by atoms with Gasteiger partial charge in [0.2, 0.25) is 0 Å². The lowest BCUT2D eigenvalue weighted by Crippen LogP contribution is -2.27. The molecule has 1 fully saturated rings. The molecule has 21 heavy (non-hydrogen) atoms. The minimum atomic E-state index is -0.923. The quantitative estimate of drug-likeness (QED) is 0.720. The van der Waals surface area contributed by atoms with Crippen molar-refractivity contribution in [3.8, 4) is 5.75 Å². The Balaban J connectivity index is 1.54. The number of carbonyl (C=O) groups is 1. The maximum atomic E-state index is 10.7. The van der Waals surface area contributed by atoms with E-state index in [0.29, 0.717) is 18.5 Å². The Morgan fingerprint density at radius 2 is 2.10 bits per heavy atom. The Bertz CT molecular complexity index is 426. The maximum absolute atomic E-state index is 10.7. The van der Waals surface area contributed by atoms with E-state index in [4.69, 9.17) is 14.6 Å². The standard InChI is InChI=1S/C16H23NO4/c18-16(19)13-4-6-15(7-5-13)21-12-10-17-9-8-14-3-1-2-11-20-14/h4-7,14,17H,1-3,8-12H2,(H,18,19). The lowest BCUT2D eigenvalue weighted by Gasteiger charge is -2.22. The van der Waals surface area contributed by atoms with E-state index in [1.165, 1.54) is 19.3 Å². The molecule has 1 aliphatic rings. The zero-order valence-corrected chi connectivity index (χ0v) is 12.2. The Morgan fingerprint density at radius 3 is 2.76 bits per heavy atom. The second-order valence-corrected chi connectivity index (χ2v) is 5.21. The predicted octanol–water partition coefficient (Wildman–Crippen LogP) is 2.31. The fourth-order valence-corrected chi connectivity index (χ4v) is 2.36. The Labute approximate surface area is 125 Å². The second kappa shape index (κ2) is 8.64. The highest BCUT2D eigenvalue weighted by Gasteiger charge is 2.12. The molecule has 1 unspecified atom stereocenters. The fourth-order valence-electron chi connectivity index (χ4n) is 2.36. The third-order valence-corrected chi connectivity index (χ3v) is 3.57. The van der Waals surface area contributed by atoms with Crippen molar-refractivity contribution in [2.75, 3.05) is 26.3 Å². The first kappa shape index (κ1) is 15.8. The minimum absolute atomic E-state index is 0.271. The molecule has 0 spiro atoms. The van der Waals surface area contributed by atoms with Crippen LogP contribution in [0.3, 0.4) is 0 Å². The molecule has 0 bridgehead atoms. The monoisotopic (exact) mass is 293 g/mol. The summed E-state index contributed by atoms with van der Waals surface area (Å²) in [7, 11) is 0. The second-order valence-electron chi connectivity index (χ2n) is 5.21. The van der Waals surface area contributed by atoms with Crippen LogP contribution in [0.4, 0.5) is 0 Å². The van der Waals surface area contributed by atoms with Crippen LogP contribution in [0.1, 0.15) is 36.0 Å². The van der Waals surface area contributed by atoms with E-state index >= 15 is 0 Å². The lowest BCUT2D eigenvalue weighted by atomic mass is 10.1. The summed E-state index contributed by atoms with van der Waals surface area (Å²) < 4.78 is 11.2. The van der Waals surface area contributed by atoms with Crippen LogP contribution in [0.25, 0.3) is 0 Å². The average molecular weight is 293 g/mol. The molecule has 1 heterocycles. The number of benzene rings is 1. The van der Waals surface area contributed by atoms with Crippen LogP contribution in [0.15, 0.2) is 24.3 Å². The zero-order chi connectivity index (χ0) is 14.9. The first-order valence-corrected chi connectivity index (χ1v) is 7.54. The number of hydrogen-bond acceptors (Lipinski definition) is 4. The molecule has 0 aromatic heterocycles. The molecule has 1 aromatic rings. The topological polar surface area (TPSA) is 67.8 Å². The highest BCUT2D eigenvalue weighted by atomic mass is 16.5. The SMILES string of the molecule is O=C(O)c1ccc(OCCNCCC2CCCCO2)cc1. The van der Waals surface area contributed by atoms with E-state index in [1.807, 2.05) is 0 Å². The third kappa shape index (κ3) is 5.73. The van der Waals surface area contributed by atoms with E-state index in [2.05, 4.69) is 5.32 Å². The van der Waals surface area contributed by atoms with Gasteiger partial charge >= 0.3 is 5.97 Å². The van der Waals surface area contributed by atoms with Gasteiger partial charge in [0, 0.05) is 13.2 Å². The Hall–Kier alpha value is -1.59. The number of aromatic carboxylic acids is 1. The molecule has 0 saturated carbocycles. The predicted molar refractivity (Wildman–Crippen MR) is 80.0 cm³/mol. The van der Waals surface area contributed by atoms with Gasteiger partial charge in [0.15, 0.2) is 0 Å². The summed E-state index contributed by atoms with van der Waals surface area (Å²) in [5, 5.41) is 12.1. The van der Waals surface area contributed by atoms with Crippen LogP contribution in [0, 0.1) is 0 Å². The van der Waals surface area contributed by atoms with Crippen molar-refractivity contribution in [3.05, 3.63) is 29.8 Å². The molecule has 116 valence electrons. The van der Waals surface area contributed by atoms with Gasteiger partial charge in [-0.25, -0.2) is 4.79 Å². The van der Waals surface area contributed by atoms with Crippen molar-refractivity contribution < 1.29 is 19.4 Å². The van der Waals surface area contributed by atoms with Gasteiger partial charge in [0.05, 0.1) is 11.7 Å². The molecule has 0 amide bonds. The van der Waals surface area contributed by atoms with Crippen LogP contribution >= 0.6 is 0 Å². The van der Waals surface area contributed by atoms with E-state index in [1.54, 1.807) is 24.3 Å². The molecule has 5 heteroatoms. The lowest BCUT2D eigenvalue weighted by molar-refractivity contribution is 0.0115. The first-order valence-electron chi connectivity index (χ1n) is 7.54. The first-order chi connectivity index (χ1) is 10.3. The van der Waals surface area contributed by atoms with Crippen LogP contribution in [0.2, 0.25) is 0 Å². The zero-order valence-electron chi connectivity index (χ0n) is 12.2. The smallest absolute Gasteiger partial charge is 0.335 e. The summed E-state index contributed by atoms with van der Waals surface area (Å²) in [6.07, 6.45) is 5.11. The van der Waals surface area contributed by atoms with Crippen molar-refractivity contribution in [3.63, 3.8) is 0 Å². The van der Waals surface area contributed by atoms with Crippen molar-refractivity contribution in [2.24, 2.45) is 0 Å². The molecule has 1 aromatic carbocycles. The largest absolute Gasteiger partial charge is 0.492 e. The molecular formula is C16H23NO4. The Kier molecular flexibility index (Phi) is 6.50. The van der Waals surface area contributed by atoms with Crippen LogP contribution in [-0.2, 0) is 4.74 Å². The summed E-state index contributed by atoms with van der Waals surface area (Å²) in [4.78, 5) is 10.7. The molecule has 1 atom stereocenters. The minimum Gasteiger partial charge on any atom is -0.492 e. The van der Waals surface area contributed by atoms with Crippen LogP contribution < -0.4 is 10.1 Å². The number of nitrogens with one attached hydrogen (secondary N) is 1. The fraction of sp³-hybridized carbons (Fsp3) is 0.562. The Morgan fingerprint density at radius 1 is 1.29 bits per heavy atom. The van der Waals surface area contributed by atoms with Gasteiger partial charge in [0.1, 0.15) is 12.4 Å². The molecule has 2 N–H and O–H groups in total. The van der Waals surface area contributed by atoms with Gasteiger partial charge in [-0.3, -0.25) is 0 Å². The number of ether oxygens (including phenoxy) is 2. The van der Waals surface area contributed by atoms with E-state index in [0.717, 1.165) is 26.1 Å². The summed E-state index contributed by atoms with van der Waals surface area (Å²) in [6, 6.07) is 6.45. The maximum Gasteiger partial charge on any atom is 0.335 e. The summed E-state index contributed by atoms with van der Waals surface area (Å²) in [5.74, 6) is -0.231. The number of carboxylic acids is 1. The van der Waals surface area contributed by atoms with Gasteiger partial charge in [-0.05, 0) is 56.5 Å². The molecule has 5 nitrogen and oxygen atoms in total. The molecule has 0 aliphatic carbocycles. The third-order valence-electron chi connectivity index (χ3n) is 3.57. The highest BCUT2D eigenvalue weighted by Crippen LogP contribution is 2.15. The van der Waals surface area contributed by atoms with Crippen LogP contribution in [0.5, 0.6) is 5.75 Å². The van der Waals surface area contributed by atoms with Gasteiger partial charge in [0.25, 0.3) is 0 Å². The molecule has 1 saturated heterocycles. The van der Waals surface area contributed by atoms with Gasteiger partial charge in [-0.1, -0.05) is 0 Å². The van der Waals surface area contributed by atoms with E-state index in [-0.39, 0.29) is 5.56 Å². The molecule has 1 aliphatic heterocycles. The van der Waals surface area contributed by atoms with Crippen molar-refractivity contribution in [1.29, 1.82) is 0 Å².